The van der Waals surface area contributed by atoms with Gasteiger partial charge in [0.25, 0.3) is 0 Å². The van der Waals surface area contributed by atoms with E-state index in [-0.39, 0.29) is 12.2 Å². The van der Waals surface area contributed by atoms with Crippen LogP contribution < -0.4 is 0 Å². The highest BCUT2D eigenvalue weighted by atomic mass is 79.9. The van der Waals surface area contributed by atoms with Crippen LogP contribution in [0.15, 0.2) is 36.5 Å². The van der Waals surface area contributed by atoms with Gasteiger partial charge in [0.2, 0.25) is 0 Å². The number of terminal acetylenes is 1. The predicted molar refractivity (Wildman–Crippen MR) is 77.2 cm³/mol. The molecular weight excluding hydrogens is 276 g/mol. The van der Waals surface area contributed by atoms with Crippen LogP contribution in [0.25, 0.3) is 0 Å². The van der Waals surface area contributed by atoms with Crippen molar-refractivity contribution in [2.75, 3.05) is 0 Å². The lowest BCUT2D eigenvalue weighted by molar-refractivity contribution is 0.0135. The molecular formula is C15H19BrO. The summed E-state index contributed by atoms with van der Waals surface area (Å²) in [5.74, 6) is 2.50. The molecule has 0 aromatic carbocycles. The van der Waals surface area contributed by atoms with E-state index in [1.807, 2.05) is 12.2 Å². The molecule has 1 aliphatic heterocycles. The summed E-state index contributed by atoms with van der Waals surface area (Å²) >= 11 is 3.69. The van der Waals surface area contributed by atoms with E-state index < -0.39 is 0 Å². The molecule has 0 aromatic rings. The van der Waals surface area contributed by atoms with Crippen molar-refractivity contribution in [1.29, 1.82) is 0 Å². The molecule has 0 aliphatic carbocycles. The Morgan fingerprint density at radius 3 is 3.06 bits per heavy atom. The zero-order valence-corrected chi connectivity index (χ0v) is 11.8. The Bertz CT molecular complexity index is 335. The third-order valence-electron chi connectivity index (χ3n) is 2.67. The molecule has 0 N–H and O–H groups in total. The first-order valence-corrected chi connectivity index (χ1v) is 6.93. The van der Waals surface area contributed by atoms with Gasteiger partial charge in [-0.25, -0.2) is 0 Å². The van der Waals surface area contributed by atoms with Crippen molar-refractivity contribution in [2.24, 2.45) is 0 Å². The molecule has 1 heterocycles. The molecule has 0 unspecified atom stereocenters. The molecule has 92 valence electrons. The third-order valence-corrected chi connectivity index (χ3v) is 3.64. The van der Waals surface area contributed by atoms with Crippen molar-refractivity contribution in [2.45, 2.75) is 43.2 Å². The summed E-state index contributed by atoms with van der Waals surface area (Å²) < 4.78 is 6.09. The average Bonchev–Trinajstić information content (AvgIpc) is 2.41. The van der Waals surface area contributed by atoms with E-state index in [1.54, 1.807) is 6.08 Å². The Kier molecular flexibility index (Phi) is 7.00. The van der Waals surface area contributed by atoms with Crippen LogP contribution in [0.5, 0.6) is 0 Å². The van der Waals surface area contributed by atoms with Gasteiger partial charge in [-0.2, -0.15) is 0 Å². The van der Waals surface area contributed by atoms with E-state index in [0.717, 1.165) is 19.3 Å². The molecule has 0 saturated carbocycles. The van der Waals surface area contributed by atoms with E-state index in [9.17, 15) is 0 Å². The highest BCUT2D eigenvalue weighted by Gasteiger charge is 2.20. The highest BCUT2D eigenvalue weighted by molar-refractivity contribution is 9.09. The molecule has 3 atom stereocenters. The molecule has 2 heteroatoms. The van der Waals surface area contributed by atoms with Gasteiger partial charge < -0.3 is 4.74 Å². The Balaban J connectivity index is 2.67. The summed E-state index contributed by atoms with van der Waals surface area (Å²) in [5, 5.41) is 0. The van der Waals surface area contributed by atoms with Gasteiger partial charge in [-0.3, -0.25) is 0 Å². The number of ether oxygens (including phenoxy) is 1. The fourth-order valence-corrected chi connectivity index (χ4v) is 2.45. The first kappa shape index (κ1) is 14.3. The number of halogens is 1. The average molecular weight is 295 g/mol. The number of hydrogen-bond donors (Lipinski definition) is 0. The number of allylic oxidation sites excluding steroid dienone is 4. The molecule has 1 aliphatic rings. The van der Waals surface area contributed by atoms with E-state index in [4.69, 9.17) is 11.2 Å². The highest BCUT2D eigenvalue weighted by Crippen LogP contribution is 2.21. The summed E-state index contributed by atoms with van der Waals surface area (Å²) in [6, 6.07) is 0. The fourth-order valence-electron chi connectivity index (χ4n) is 1.74. The quantitative estimate of drug-likeness (QED) is 0.564. The van der Waals surface area contributed by atoms with Crippen LogP contribution in [-0.2, 0) is 4.74 Å². The maximum atomic E-state index is 6.09. The number of rotatable bonds is 3. The van der Waals surface area contributed by atoms with Gasteiger partial charge in [-0.05, 0) is 25.3 Å². The molecule has 0 spiro atoms. The van der Waals surface area contributed by atoms with Gasteiger partial charge in [-0.1, -0.05) is 59.2 Å². The van der Waals surface area contributed by atoms with Gasteiger partial charge in [0.05, 0.1) is 12.2 Å². The summed E-state index contributed by atoms with van der Waals surface area (Å²) in [4.78, 5) is 0.378. The van der Waals surface area contributed by atoms with Crippen LogP contribution in [0.4, 0.5) is 0 Å². The zero-order valence-electron chi connectivity index (χ0n) is 10.2. The van der Waals surface area contributed by atoms with Crippen molar-refractivity contribution in [3.63, 3.8) is 0 Å². The lowest BCUT2D eigenvalue weighted by Gasteiger charge is -2.24. The molecule has 0 radical (unpaired) electrons. The Hall–Kier alpha value is -0.780. The van der Waals surface area contributed by atoms with E-state index in [0.29, 0.717) is 4.83 Å². The first-order valence-electron chi connectivity index (χ1n) is 6.02. The Morgan fingerprint density at radius 2 is 2.35 bits per heavy atom. The molecule has 0 saturated heterocycles. The van der Waals surface area contributed by atoms with Crippen LogP contribution in [0.2, 0.25) is 0 Å². The lowest BCUT2D eigenvalue weighted by atomic mass is 10.1. The Morgan fingerprint density at radius 1 is 1.53 bits per heavy atom. The smallest absolute Gasteiger partial charge is 0.0797 e. The van der Waals surface area contributed by atoms with E-state index in [2.05, 4.69) is 47.0 Å². The molecule has 1 rings (SSSR count). The van der Waals surface area contributed by atoms with Gasteiger partial charge in [0.1, 0.15) is 0 Å². The van der Waals surface area contributed by atoms with Gasteiger partial charge in [-0.15, -0.1) is 6.42 Å². The second-order valence-corrected chi connectivity index (χ2v) is 5.17. The second kappa shape index (κ2) is 8.33. The summed E-state index contributed by atoms with van der Waals surface area (Å²) in [6.45, 7) is 2.15. The van der Waals surface area contributed by atoms with Crippen LogP contribution in [0, 0.1) is 12.3 Å². The van der Waals surface area contributed by atoms with E-state index >= 15 is 0 Å². The monoisotopic (exact) mass is 294 g/mol. The molecule has 0 bridgehead atoms. The van der Waals surface area contributed by atoms with Gasteiger partial charge in [0, 0.05) is 4.83 Å². The molecule has 0 amide bonds. The van der Waals surface area contributed by atoms with Crippen molar-refractivity contribution >= 4 is 15.9 Å². The minimum atomic E-state index is 0.104. The van der Waals surface area contributed by atoms with Gasteiger partial charge in [0.15, 0.2) is 0 Å². The van der Waals surface area contributed by atoms with Crippen molar-refractivity contribution < 1.29 is 4.74 Å². The van der Waals surface area contributed by atoms with Gasteiger partial charge >= 0.3 is 0 Å². The van der Waals surface area contributed by atoms with Crippen LogP contribution in [-0.4, -0.2) is 17.0 Å². The van der Waals surface area contributed by atoms with Crippen molar-refractivity contribution in [3.8, 4) is 12.3 Å². The topological polar surface area (TPSA) is 9.23 Å². The zero-order chi connectivity index (χ0) is 12.5. The maximum Gasteiger partial charge on any atom is 0.0797 e. The summed E-state index contributed by atoms with van der Waals surface area (Å²) in [6.07, 6.45) is 20.4. The number of hydrogen-bond acceptors (Lipinski definition) is 1. The van der Waals surface area contributed by atoms with Crippen molar-refractivity contribution in [1.82, 2.24) is 0 Å². The molecule has 17 heavy (non-hydrogen) atoms. The normalized spacial score (nSPS) is 33.4. The van der Waals surface area contributed by atoms with Crippen molar-refractivity contribution in [3.05, 3.63) is 36.5 Å². The molecule has 0 aromatic heterocycles. The SMILES string of the molecule is C#C/C=C\C[C@H]1/C=C\C=C/C[C@H](Br)[C@H](CC)O1. The third kappa shape index (κ3) is 5.39. The first-order chi connectivity index (χ1) is 8.27. The van der Waals surface area contributed by atoms with E-state index in [1.165, 1.54) is 0 Å². The summed E-state index contributed by atoms with van der Waals surface area (Å²) in [7, 11) is 0. The predicted octanol–water partition coefficient (Wildman–Crippen LogP) is 4.01. The van der Waals surface area contributed by atoms with Crippen LogP contribution in [0.3, 0.4) is 0 Å². The Labute approximate surface area is 113 Å². The van der Waals surface area contributed by atoms with Crippen LogP contribution in [0.1, 0.15) is 26.2 Å². The maximum absolute atomic E-state index is 6.09. The minimum Gasteiger partial charge on any atom is -0.369 e. The fraction of sp³-hybridized carbons (Fsp3) is 0.467. The number of alkyl halides is 1. The van der Waals surface area contributed by atoms with Crippen LogP contribution >= 0.6 is 15.9 Å². The lowest BCUT2D eigenvalue weighted by Crippen LogP contribution is -2.27. The minimum absolute atomic E-state index is 0.104. The largest absolute Gasteiger partial charge is 0.369 e. The second-order valence-electron chi connectivity index (χ2n) is 3.99. The molecule has 0 fully saturated rings. The standard InChI is InChI=1S/C15H19BrO/c1-3-5-7-10-13-11-8-6-9-12-14(16)15(4-2)17-13/h1,5-9,11,13-15H,4,10,12H2,2H3/b7-5-,9-6-,11-8-/t13-,14-,15-/m0/s1. The molecule has 1 nitrogen and oxygen atoms in total. The summed E-state index contributed by atoms with van der Waals surface area (Å²) in [5.41, 5.74) is 0.